The molecule has 6 nitrogen and oxygen atoms in total. The summed E-state index contributed by atoms with van der Waals surface area (Å²) in [4.78, 5) is 10.9. The smallest absolute Gasteiger partial charge is 0.405 e. The van der Waals surface area contributed by atoms with Gasteiger partial charge in [-0.05, 0) is 24.6 Å². The molecule has 3 rings (SSSR count). The first-order chi connectivity index (χ1) is 12.5. The van der Waals surface area contributed by atoms with Crippen molar-refractivity contribution < 1.29 is 28.5 Å². The molecule has 0 fully saturated rings. The van der Waals surface area contributed by atoms with Crippen LogP contribution in [0.1, 0.15) is 24.9 Å². The van der Waals surface area contributed by atoms with E-state index in [9.17, 15) is 9.18 Å². The summed E-state index contributed by atoms with van der Waals surface area (Å²) in [6.45, 7) is 2.63. The van der Waals surface area contributed by atoms with E-state index in [0.29, 0.717) is 36.9 Å². The van der Waals surface area contributed by atoms with E-state index in [1.165, 1.54) is 12.1 Å². The van der Waals surface area contributed by atoms with Gasteiger partial charge in [-0.15, -0.1) is 0 Å². The highest BCUT2D eigenvalue weighted by atomic mass is 35.5. The fourth-order valence-corrected chi connectivity index (χ4v) is 2.85. The summed E-state index contributed by atoms with van der Waals surface area (Å²) in [5.74, 6) is 0.520. The molecule has 2 aromatic rings. The van der Waals surface area contributed by atoms with Crippen LogP contribution >= 0.6 is 11.6 Å². The summed E-state index contributed by atoms with van der Waals surface area (Å²) < 4.78 is 31.5. The number of ether oxygens (including phenoxy) is 3. The van der Waals surface area contributed by atoms with E-state index in [2.05, 4.69) is 5.32 Å². The van der Waals surface area contributed by atoms with Crippen LogP contribution in [0.4, 0.5) is 9.18 Å². The van der Waals surface area contributed by atoms with Crippen LogP contribution in [0, 0.1) is 5.82 Å². The third-order valence-corrected chi connectivity index (χ3v) is 4.19. The molecule has 1 amide bonds. The first-order valence-corrected chi connectivity index (χ1v) is 8.42. The lowest BCUT2D eigenvalue weighted by atomic mass is 10.0. The Kier molecular flexibility index (Phi) is 5.37. The molecule has 1 aliphatic rings. The molecule has 26 heavy (non-hydrogen) atoms. The highest BCUT2D eigenvalue weighted by molar-refractivity contribution is 6.32. The largest absolute Gasteiger partial charge is 0.486 e. The summed E-state index contributed by atoms with van der Waals surface area (Å²) in [6, 6.07) is 7.07. The maximum atomic E-state index is 14.9. The first kappa shape index (κ1) is 18.1. The number of fused-ring (bicyclic) bond motifs is 1. The van der Waals surface area contributed by atoms with Crippen molar-refractivity contribution in [1.29, 1.82) is 0 Å². The highest BCUT2D eigenvalue weighted by Crippen LogP contribution is 2.39. The second-order valence-corrected chi connectivity index (χ2v) is 6.00. The maximum Gasteiger partial charge on any atom is 0.405 e. The number of halogens is 2. The standard InChI is InChI=1S/C18H17ClFNO5/c1-2-13(21-18(22)23)11-4-5-12(19)17(16(11)20)26-10-3-6-14-15(9-10)25-8-7-24-14/h3-6,9,13,21H,2,7-8H2,1H3,(H,22,23)/t13-/m1/s1. The Labute approximate surface area is 154 Å². The van der Waals surface area contributed by atoms with Crippen molar-refractivity contribution in [2.24, 2.45) is 0 Å². The normalized spacial score (nSPS) is 13.8. The predicted molar refractivity (Wildman–Crippen MR) is 93.1 cm³/mol. The quantitative estimate of drug-likeness (QED) is 0.780. The Morgan fingerprint density at radius 3 is 2.73 bits per heavy atom. The monoisotopic (exact) mass is 381 g/mol. The number of benzene rings is 2. The minimum atomic E-state index is -1.24. The highest BCUT2D eigenvalue weighted by Gasteiger charge is 2.22. The van der Waals surface area contributed by atoms with E-state index in [-0.39, 0.29) is 16.3 Å². The molecular weight excluding hydrogens is 365 g/mol. The van der Waals surface area contributed by atoms with Crippen molar-refractivity contribution in [1.82, 2.24) is 5.32 Å². The van der Waals surface area contributed by atoms with Gasteiger partial charge in [0.15, 0.2) is 23.1 Å². The molecule has 0 aliphatic carbocycles. The molecule has 1 heterocycles. The summed E-state index contributed by atoms with van der Waals surface area (Å²) in [5, 5.41) is 11.3. The van der Waals surface area contributed by atoms with Crippen LogP contribution in [0.15, 0.2) is 30.3 Å². The second-order valence-electron chi connectivity index (χ2n) is 5.60. The van der Waals surface area contributed by atoms with E-state index >= 15 is 0 Å². The molecule has 0 unspecified atom stereocenters. The average Bonchev–Trinajstić information content (AvgIpc) is 2.63. The molecule has 2 N–H and O–H groups in total. The number of carbonyl (C=O) groups is 1. The SMILES string of the molecule is CC[C@@H](NC(=O)O)c1ccc(Cl)c(Oc2ccc3c(c2)OCCO3)c1F. The van der Waals surface area contributed by atoms with Gasteiger partial charge in [0, 0.05) is 11.6 Å². The third-order valence-electron chi connectivity index (χ3n) is 3.89. The molecule has 0 aromatic heterocycles. The Bertz CT molecular complexity index is 829. The van der Waals surface area contributed by atoms with Gasteiger partial charge in [-0.2, -0.15) is 0 Å². The summed E-state index contributed by atoms with van der Waals surface area (Å²) in [6.07, 6.45) is -0.866. The van der Waals surface area contributed by atoms with Crippen LogP contribution in [-0.4, -0.2) is 24.4 Å². The van der Waals surface area contributed by atoms with Gasteiger partial charge < -0.3 is 24.6 Å². The molecule has 0 spiro atoms. The topological polar surface area (TPSA) is 77.0 Å². The van der Waals surface area contributed by atoms with Crippen LogP contribution in [0.25, 0.3) is 0 Å². The van der Waals surface area contributed by atoms with E-state index < -0.39 is 18.0 Å². The number of carboxylic acid groups (broad SMARTS) is 1. The summed E-state index contributed by atoms with van der Waals surface area (Å²) >= 11 is 6.09. The lowest BCUT2D eigenvalue weighted by molar-refractivity contribution is 0.171. The third kappa shape index (κ3) is 3.77. The first-order valence-electron chi connectivity index (χ1n) is 8.04. The van der Waals surface area contributed by atoms with Gasteiger partial charge in [-0.3, -0.25) is 0 Å². The zero-order valence-corrected chi connectivity index (χ0v) is 14.7. The summed E-state index contributed by atoms with van der Waals surface area (Å²) in [7, 11) is 0. The van der Waals surface area contributed by atoms with Gasteiger partial charge in [-0.1, -0.05) is 24.6 Å². The Morgan fingerprint density at radius 2 is 2.04 bits per heavy atom. The number of amides is 1. The molecule has 0 bridgehead atoms. The van der Waals surface area contributed by atoms with Gasteiger partial charge >= 0.3 is 6.09 Å². The van der Waals surface area contributed by atoms with Crippen molar-refractivity contribution in [3.05, 3.63) is 46.7 Å². The second kappa shape index (κ2) is 7.70. The molecule has 0 saturated carbocycles. The van der Waals surface area contributed by atoms with Gasteiger partial charge in [0.1, 0.15) is 19.0 Å². The molecular formula is C18H17ClFNO5. The van der Waals surface area contributed by atoms with Crippen molar-refractivity contribution in [3.8, 4) is 23.0 Å². The predicted octanol–water partition coefficient (Wildman–Crippen LogP) is 4.76. The van der Waals surface area contributed by atoms with E-state index in [4.69, 9.17) is 30.9 Å². The molecule has 138 valence electrons. The molecule has 0 radical (unpaired) electrons. The molecule has 2 aromatic carbocycles. The zero-order chi connectivity index (χ0) is 18.7. The van der Waals surface area contributed by atoms with E-state index in [1.54, 1.807) is 25.1 Å². The van der Waals surface area contributed by atoms with Crippen molar-refractivity contribution in [2.75, 3.05) is 13.2 Å². The number of hydrogen-bond donors (Lipinski definition) is 2. The Balaban J connectivity index is 1.92. The van der Waals surface area contributed by atoms with Crippen molar-refractivity contribution >= 4 is 17.7 Å². The van der Waals surface area contributed by atoms with Gasteiger partial charge in [0.2, 0.25) is 0 Å². The molecule has 1 aliphatic heterocycles. The minimum absolute atomic E-state index is 0.0753. The lowest BCUT2D eigenvalue weighted by Gasteiger charge is -2.20. The van der Waals surface area contributed by atoms with Gasteiger partial charge in [0.25, 0.3) is 0 Å². The molecule has 8 heteroatoms. The molecule has 0 saturated heterocycles. The Hall–Kier alpha value is -2.67. The number of hydrogen-bond acceptors (Lipinski definition) is 4. The summed E-state index contributed by atoms with van der Waals surface area (Å²) in [5.41, 5.74) is 0.159. The van der Waals surface area contributed by atoms with Crippen LogP contribution < -0.4 is 19.5 Å². The van der Waals surface area contributed by atoms with Gasteiger partial charge in [0.05, 0.1) is 11.1 Å². The average molecular weight is 382 g/mol. The van der Waals surface area contributed by atoms with Crippen molar-refractivity contribution in [2.45, 2.75) is 19.4 Å². The number of rotatable bonds is 5. The number of nitrogens with one attached hydrogen (secondary N) is 1. The van der Waals surface area contributed by atoms with Crippen molar-refractivity contribution in [3.63, 3.8) is 0 Å². The van der Waals surface area contributed by atoms with Crippen LogP contribution in [0.2, 0.25) is 5.02 Å². The van der Waals surface area contributed by atoms with Crippen LogP contribution in [-0.2, 0) is 0 Å². The fourth-order valence-electron chi connectivity index (χ4n) is 2.66. The fraction of sp³-hybridized carbons (Fsp3) is 0.278. The minimum Gasteiger partial charge on any atom is -0.486 e. The van der Waals surface area contributed by atoms with Gasteiger partial charge in [-0.25, -0.2) is 9.18 Å². The Morgan fingerprint density at radius 1 is 1.31 bits per heavy atom. The van der Waals surface area contributed by atoms with E-state index in [0.717, 1.165) is 0 Å². The van der Waals surface area contributed by atoms with Crippen LogP contribution in [0.3, 0.4) is 0 Å². The van der Waals surface area contributed by atoms with Crippen LogP contribution in [0.5, 0.6) is 23.0 Å². The maximum absolute atomic E-state index is 14.9. The zero-order valence-electron chi connectivity index (χ0n) is 13.9. The lowest BCUT2D eigenvalue weighted by Crippen LogP contribution is -2.27. The molecule has 1 atom stereocenters. The van der Waals surface area contributed by atoms with E-state index in [1.807, 2.05) is 0 Å².